The van der Waals surface area contributed by atoms with Gasteiger partial charge in [0.05, 0.1) is 10.8 Å². The van der Waals surface area contributed by atoms with E-state index < -0.39 is 0 Å². The molecule has 0 aliphatic rings. The molecule has 1 aromatic rings. The smallest absolute Gasteiger partial charge is 0.322 e. The SMILES string of the molecule is O=C(Cc1ccc(Cl)s1)OS. The third-order valence-electron chi connectivity index (χ3n) is 1.05. The molecule has 1 rings (SSSR count). The largest absolute Gasteiger partial charge is 0.394 e. The van der Waals surface area contributed by atoms with Crippen LogP contribution in [0.5, 0.6) is 0 Å². The Hall–Kier alpha value is -0.190. The summed E-state index contributed by atoms with van der Waals surface area (Å²) in [4.78, 5) is 11.5. The quantitative estimate of drug-likeness (QED) is 0.597. The van der Waals surface area contributed by atoms with Crippen LogP contribution in [0.15, 0.2) is 12.1 Å². The Morgan fingerprint density at radius 2 is 2.45 bits per heavy atom. The lowest BCUT2D eigenvalue weighted by atomic mass is 10.3. The molecule has 0 saturated carbocycles. The first-order chi connectivity index (χ1) is 5.22. The summed E-state index contributed by atoms with van der Waals surface area (Å²) in [5.74, 6) is -0.369. The van der Waals surface area contributed by atoms with Gasteiger partial charge in [-0.1, -0.05) is 11.6 Å². The van der Waals surface area contributed by atoms with E-state index in [0.717, 1.165) is 4.88 Å². The van der Waals surface area contributed by atoms with Crippen molar-refractivity contribution >= 4 is 41.8 Å². The van der Waals surface area contributed by atoms with Crippen LogP contribution < -0.4 is 0 Å². The summed E-state index contributed by atoms with van der Waals surface area (Å²) in [6, 6.07) is 3.53. The number of thiophene rings is 1. The predicted molar refractivity (Wildman–Crippen MR) is 48.1 cm³/mol. The minimum atomic E-state index is -0.369. The van der Waals surface area contributed by atoms with Crippen molar-refractivity contribution in [3.8, 4) is 0 Å². The first-order valence-electron chi connectivity index (χ1n) is 2.81. The summed E-state index contributed by atoms with van der Waals surface area (Å²) in [7, 11) is 0. The molecule has 0 amide bonds. The molecule has 0 fully saturated rings. The van der Waals surface area contributed by atoms with Crippen molar-refractivity contribution in [2.45, 2.75) is 6.42 Å². The van der Waals surface area contributed by atoms with Gasteiger partial charge in [0.15, 0.2) is 0 Å². The summed E-state index contributed by atoms with van der Waals surface area (Å²) < 4.78 is 4.86. The molecule has 2 nitrogen and oxygen atoms in total. The number of carbonyl (C=O) groups excluding carboxylic acids is 1. The Balaban J connectivity index is 2.57. The van der Waals surface area contributed by atoms with E-state index in [1.807, 2.05) is 0 Å². The fourth-order valence-corrected chi connectivity index (χ4v) is 1.76. The minimum Gasteiger partial charge on any atom is -0.394 e. The lowest BCUT2D eigenvalue weighted by Gasteiger charge is -1.91. The van der Waals surface area contributed by atoms with Crippen LogP contribution in [0.3, 0.4) is 0 Å². The molecule has 0 aromatic carbocycles. The van der Waals surface area contributed by atoms with E-state index in [9.17, 15) is 4.79 Å². The second kappa shape index (κ2) is 3.99. The zero-order chi connectivity index (χ0) is 8.27. The molecule has 0 saturated heterocycles. The van der Waals surface area contributed by atoms with Gasteiger partial charge in [-0.3, -0.25) is 4.79 Å². The number of rotatable bonds is 2. The van der Waals surface area contributed by atoms with Crippen LogP contribution in [-0.2, 0) is 15.4 Å². The summed E-state index contributed by atoms with van der Waals surface area (Å²) >= 11 is 10.4. The molecule has 0 aliphatic heterocycles. The van der Waals surface area contributed by atoms with Crippen molar-refractivity contribution in [3.63, 3.8) is 0 Å². The molecular weight excluding hydrogens is 204 g/mol. The van der Waals surface area contributed by atoms with E-state index in [1.54, 1.807) is 12.1 Å². The van der Waals surface area contributed by atoms with Crippen LogP contribution in [0.2, 0.25) is 4.34 Å². The summed E-state index contributed by atoms with van der Waals surface area (Å²) in [6.45, 7) is 0. The van der Waals surface area contributed by atoms with Gasteiger partial charge in [-0.2, -0.15) is 0 Å². The third-order valence-corrected chi connectivity index (χ3v) is 2.48. The molecule has 0 aliphatic carbocycles. The van der Waals surface area contributed by atoms with Gasteiger partial charge in [0.1, 0.15) is 0 Å². The molecule has 1 aromatic heterocycles. The lowest BCUT2D eigenvalue weighted by molar-refractivity contribution is -0.132. The summed E-state index contributed by atoms with van der Waals surface area (Å²) in [6.07, 6.45) is 0.237. The monoisotopic (exact) mass is 208 g/mol. The fraction of sp³-hybridized carbons (Fsp3) is 0.167. The maximum absolute atomic E-state index is 10.7. The molecule has 0 atom stereocenters. The molecular formula is C6H5ClO2S2. The Morgan fingerprint density at radius 3 is 2.91 bits per heavy atom. The van der Waals surface area contributed by atoms with E-state index in [1.165, 1.54) is 11.3 Å². The van der Waals surface area contributed by atoms with Gasteiger partial charge in [0, 0.05) is 17.8 Å². The average Bonchev–Trinajstić information content (AvgIpc) is 2.35. The highest BCUT2D eigenvalue weighted by Gasteiger charge is 2.04. The number of hydrogen-bond donors (Lipinski definition) is 1. The van der Waals surface area contributed by atoms with E-state index in [2.05, 4.69) is 17.1 Å². The molecule has 5 heteroatoms. The number of thiol groups is 1. The van der Waals surface area contributed by atoms with Gasteiger partial charge in [0.25, 0.3) is 0 Å². The highest BCUT2D eigenvalue weighted by atomic mass is 35.5. The van der Waals surface area contributed by atoms with E-state index in [4.69, 9.17) is 11.6 Å². The van der Waals surface area contributed by atoms with E-state index in [0.29, 0.717) is 4.34 Å². The number of carbonyl (C=O) groups is 1. The van der Waals surface area contributed by atoms with Gasteiger partial charge in [-0.05, 0) is 12.1 Å². The molecule has 0 bridgehead atoms. The average molecular weight is 209 g/mol. The normalized spacial score (nSPS) is 9.64. The van der Waals surface area contributed by atoms with Gasteiger partial charge in [-0.25, -0.2) is 0 Å². The van der Waals surface area contributed by atoms with Gasteiger partial charge >= 0.3 is 5.97 Å². The van der Waals surface area contributed by atoms with Crippen molar-refractivity contribution < 1.29 is 8.98 Å². The zero-order valence-corrected chi connectivity index (χ0v) is 7.88. The third kappa shape index (κ3) is 2.73. The van der Waals surface area contributed by atoms with Crippen molar-refractivity contribution in [2.75, 3.05) is 0 Å². The Kier molecular flexibility index (Phi) is 3.23. The second-order valence-corrected chi connectivity index (χ2v) is 3.83. The lowest BCUT2D eigenvalue weighted by Crippen LogP contribution is -1.99. The second-order valence-electron chi connectivity index (χ2n) is 1.85. The van der Waals surface area contributed by atoms with Gasteiger partial charge < -0.3 is 4.18 Å². The summed E-state index contributed by atoms with van der Waals surface area (Å²) in [5, 5.41) is 0. The maximum Gasteiger partial charge on any atom is 0.322 e. The van der Waals surface area contributed by atoms with Crippen molar-refractivity contribution in [2.24, 2.45) is 0 Å². The Labute approximate surface area is 78.7 Å². The molecule has 60 valence electrons. The summed E-state index contributed by atoms with van der Waals surface area (Å²) in [5.41, 5.74) is 0. The highest BCUT2D eigenvalue weighted by Crippen LogP contribution is 2.21. The Morgan fingerprint density at radius 1 is 1.73 bits per heavy atom. The minimum absolute atomic E-state index is 0.237. The molecule has 0 N–H and O–H groups in total. The van der Waals surface area contributed by atoms with Crippen molar-refractivity contribution in [3.05, 3.63) is 21.3 Å². The van der Waals surface area contributed by atoms with E-state index >= 15 is 0 Å². The van der Waals surface area contributed by atoms with Gasteiger partial charge in [-0.15, -0.1) is 11.3 Å². The zero-order valence-electron chi connectivity index (χ0n) is 5.41. The number of hydrogen-bond acceptors (Lipinski definition) is 4. The molecule has 0 radical (unpaired) electrons. The first-order valence-corrected chi connectivity index (χ1v) is 4.37. The first kappa shape index (κ1) is 8.90. The van der Waals surface area contributed by atoms with Crippen molar-refractivity contribution in [1.29, 1.82) is 0 Å². The Bertz CT molecular complexity index is 259. The molecule has 11 heavy (non-hydrogen) atoms. The highest BCUT2D eigenvalue weighted by molar-refractivity contribution is 7.75. The molecule has 1 heterocycles. The van der Waals surface area contributed by atoms with Crippen LogP contribution in [0, 0.1) is 0 Å². The van der Waals surface area contributed by atoms with Gasteiger partial charge in [0.2, 0.25) is 0 Å². The maximum atomic E-state index is 10.7. The predicted octanol–water partition coefficient (Wildman–Crippen LogP) is 2.33. The van der Waals surface area contributed by atoms with Crippen LogP contribution >= 0.6 is 35.8 Å². The van der Waals surface area contributed by atoms with E-state index in [-0.39, 0.29) is 12.4 Å². The van der Waals surface area contributed by atoms with Crippen LogP contribution in [0.1, 0.15) is 4.88 Å². The topological polar surface area (TPSA) is 26.3 Å². The van der Waals surface area contributed by atoms with Crippen LogP contribution in [0.25, 0.3) is 0 Å². The van der Waals surface area contributed by atoms with Crippen LogP contribution in [0.4, 0.5) is 0 Å². The van der Waals surface area contributed by atoms with Crippen molar-refractivity contribution in [1.82, 2.24) is 0 Å². The fourth-order valence-electron chi connectivity index (χ4n) is 0.621. The molecule has 0 spiro atoms. The standard InChI is InChI=1S/C6H5ClO2S2/c7-5-2-1-4(11-5)3-6(8)9-10/h1-2,10H,3H2. The number of halogens is 1. The van der Waals surface area contributed by atoms with Crippen LogP contribution in [-0.4, -0.2) is 5.97 Å². The molecule has 0 unspecified atom stereocenters.